The Kier molecular flexibility index (Phi) is 3.06. The number of carbonyl (C=O) groups excluding carboxylic acids is 1. The lowest BCUT2D eigenvalue weighted by Gasteiger charge is -2.13. The van der Waals surface area contributed by atoms with E-state index in [0.29, 0.717) is 0 Å². The first-order valence-electron chi connectivity index (χ1n) is 4.25. The summed E-state index contributed by atoms with van der Waals surface area (Å²) >= 11 is 0. The van der Waals surface area contributed by atoms with Crippen LogP contribution < -0.4 is 10.2 Å². The minimum absolute atomic E-state index is 0.0677. The molecule has 0 saturated carbocycles. The minimum atomic E-state index is -0.504. The van der Waals surface area contributed by atoms with Gasteiger partial charge in [-0.05, 0) is 18.2 Å². The molecule has 0 aliphatic rings. The average molecular weight is 196 g/mol. The van der Waals surface area contributed by atoms with Crippen LogP contribution in [0.2, 0.25) is 0 Å². The van der Waals surface area contributed by atoms with Crippen LogP contribution in [0.4, 0.5) is 10.1 Å². The van der Waals surface area contributed by atoms with E-state index >= 15 is 0 Å². The summed E-state index contributed by atoms with van der Waals surface area (Å²) in [6.45, 7) is 0. The Balaban J connectivity index is 3.07. The topological polar surface area (TPSA) is 32.3 Å². The molecular formula is C10H13FN2O. The molecule has 0 atom stereocenters. The maximum Gasteiger partial charge on any atom is 0.253 e. The summed E-state index contributed by atoms with van der Waals surface area (Å²) in [5.41, 5.74) is 0.799. The fourth-order valence-electron chi connectivity index (χ4n) is 1.10. The van der Waals surface area contributed by atoms with Crippen molar-refractivity contribution < 1.29 is 9.18 Å². The standard InChI is InChI=1S/C10H13FN2O/c1-12-10(14)8-5-4-7(13(2)3)6-9(8)11/h4-6H,1-3H3,(H,12,14). The van der Waals surface area contributed by atoms with Crippen molar-refractivity contribution in [2.45, 2.75) is 0 Å². The van der Waals surface area contributed by atoms with Crippen LogP contribution in [0.25, 0.3) is 0 Å². The van der Waals surface area contributed by atoms with E-state index in [0.717, 1.165) is 5.69 Å². The Morgan fingerprint density at radius 2 is 2.07 bits per heavy atom. The Hall–Kier alpha value is -1.58. The van der Waals surface area contributed by atoms with E-state index in [2.05, 4.69) is 5.32 Å². The minimum Gasteiger partial charge on any atom is -0.378 e. The molecule has 0 radical (unpaired) electrons. The molecule has 14 heavy (non-hydrogen) atoms. The van der Waals surface area contributed by atoms with Crippen LogP contribution in [0.15, 0.2) is 18.2 Å². The van der Waals surface area contributed by atoms with E-state index < -0.39 is 11.7 Å². The van der Waals surface area contributed by atoms with E-state index in [-0.39, 0.29) is 5.56 Å². The molecule has 0 aliphatic carbocycles. The fraction of sp³-hybridized carbons (Fsp3) is 0.300. The monoisotopic (exact) mass is 196 g/mol. The van der Waals surface area contributed by atoms with Gasteiger partial charge in [-0.1, -0.05) is 0 Å². The van der Waals surface area contributed by atoms with Crippen LogP contribution in [0.3, 0.4) is 0 Å². The Bertz CT molecular complexity index is 350. The lowest BCUT2D eigenvalue weighted by Crippen LogP contribution is -2.19. The maximum atomic E-state index is 13.4. The molecule has 1 rings (SSSR count). The van der Waals surface area contributed by atoms with Crippen LogP contribution in [-0.2, 0) is 0 Å². The first kappa shape index (κ1) is 10.5. The average Bonchev–Trinajstić information content (AvgIpc) is 2.16. The van der Waals surface area contributed by atoms with Gasteiger partial charge in [0.25, 0.3) is 5.91 Å². The van der Waals surface area contributed by atoms with Crippen molar-refractivity contribution in [3.8, 4) is 0 Å². The summed E-state index contributed by atoms with van der Waals surface area (Å²) in [4.78, 5) is 12.9. The van der Waals surface area contributed by atoms with Crippen molar-refractivity contribution in [1.82, 2.24) is 5.32 Å². The van der Waals surface area contributed by atoms with Crippen LogP contribution >= 0.6 is 0 Å². The molecule has 0 bridgehead atoms. The number of carbonyl (C=O) groups is 1. The van der Waals surface area contributed by atoms with Crippen molar-refractivity contribution >= 4 is 11.6 Å². The molecule has 1 amide bonds. The second-order valence-electron chi connectivity index (χ2n) is 3.14. The van der Waals surface area contributed by atoms with E-state index in [9.17, 15) is 9.18 Å². The molecule has 76 valence electrons. The molecule has 4 heteroatoms. The molecular weight excluding hydrogens is 183 g/mol. The molecule has 0 aliphatic heterocycles. The van der Waals surface area contributed by atoms with Crippen molar-refractivity contribution in [1.29, 1.82) is 0 Å². The van der Waals surface area contributed by atoms with Gasteiger partial charge in [0.15, 0.2) is 0 Å². The summed E-state index contributed by atoms with van der Waals surface area (Å²) in [6, 6.07) is 4.52. The van der Waals surface area contributed by atoms with Gasteiger partial charge in [0.05, 0.1) is 5.56 Å². The highest BCUT2D eigenvalue weighted by molar-refractivity contribution is 5.94. The zero-order chi connectivity index (χ0) is 10.7. The maximum absolute atomic E-state index is 13.4. The van der Waals surface area contributed by atoms with Gasteiger partial charge in [-0.15, -0.1) is 0 Å². The zero-order valence-electron chi connectivity index (χ0n) is 8.47. The number of amides is 1. The van der Waals surface area contributed by atoms with Gasteiger partial charge in [0, 0.05) is 26.8 Å². The highest BCUT2D eigenvalue weighted by atomic mass is 19.1. The number of halogens is 1. The molecule has 1 N–H and O–H groups in total. The van der Waals surface area contributed by atoms with Gasteiger partial charge in [0.2, 0.25) is 0 Å². The summed E-state index contributed by atoms with van der Waals surface area (Å²) in [6.07, 6.45) is 0. The third-order valence-electron chi connectivity index (χ3n) is 1.94. The number of hydrogen-bond acceptors (Lipinski definition) is 2. The molecule has 0 unspecified atom stereocenters. The van der Waals surface area contributed by atoms with Gasteiger partial charge < -0.3 is 10.2 Å². The normalized spacial score (nSPS) is 9.71. The Morgan fingerprint density at radius 1 is 1.43 bits per heavy atom. The molecule has 0 spiro atoms. The van der Waals surface area contributed by atoms with Gasteiger partial charge in [0.1, 0.15) is 5.82 Å². The smallest absolute Gasteiger partial charge is 0.253 e. The molecule has 1 aromatic carbocycles. The summed E-state index contributed by atoms with van der Waals surface area (Å²) in [5, 5.41) is 2.38. The lowest BCUT2D eigenvalue weighted by atomic mass is 10.1. The number of nitrogens with zero attached hydrogens (tertiary/aromatic N) is 1. The fourth-order valence-corrected chi connectivity index (χ4v) is 1.10. The van der Waals surface area contributed by atoms with Crippen molar-refractivity contribution in [2.24, 2.45) is 0 Å². The number of benzene rings is 1. The van der Waals surface area contributed by atoms with E-state index in [1.54, 1.807) is 11.0 Å². The van der Waals surface area contributed by atoms with Crippen molar-refractivity contribution in [3.63, 3.8) is 0 Å². The van der Waals surface area contributed by atoms with Crippen LogP contribution in [0, 0.1) is 5.82 Å². The lowest BCUT2D eigenvalue weighted by molar-refractivity contribution is 0.0959. The highest BCUT2D eigenvalue weighted by Crippen LogP contribution is 2.16. The molecule has 0 aromatic heterocycles. The second-order valence-corrected chi connectivity index (χ2v) is 3.14. The number of anilines is 1. The number of nitrogens with one attached hydrogen (secondary N) is 1. The highest BCUT2D eigenvalue weighted by Gasteiger charge is 2.10. The molecule has 3 nitrogen and oxygen atoms in total. The SMILES string of the molecule is CNC(=O)c1ccc(N(C)C)cc1F. The van der Waals surface area contributed by atoms with Crippen molar-refractivity contribution in [3.05, 3.63) is 29.6 Å². The zero-order valence-corrected chi connectivity index (χ0v) is 8.47. The first-order valence-corrected chi connectivity index (χ1v) is 4.25. The number of rotatable bonds is 2. The second kappa shape index (κ2) is 4.09. The molecule has 0 saturated heterocycles. The molecule has 0 fully saturated rings. The predicted molar refractivity (Wildman–Crippen MR) is 54.1 cm³/mol. The van der Waals surface area contributed by atoms with Crippen LogP contribution in [-0.4, -0.2) is 27.1 Å². The van der Waals surface area contributed by atoms with Gasteiger partial charge >= 0.3 is 0 Å². The van der Waals surface area contributed by atoms with Gasteiger partial charge in [-0.2, -0.15) is 0 Å². The molecule has 1 aromatic rings. The largest absolute Gasteiger partial charge is 0.378 e. The summed E-state index contributed by atoms with van der Waals surface area (Å²) in [7, 11) is 5.10. The Labute approximate surface area is 82.5 Å². The van der Waals surface area contributed by atoms with Gasteiger partial charge in [-0.3, -0.25) is 4.79 Å². The third-order valence-corrected chi connectivity index (χ3v) is 1.94. The Morgan fingerprint density at radius 3 is 2.50 bits per heavy atom. The molecule has 0 heterocycles. The van der Waals surface area contributed by atoms with Crippen LogP contribution in [0.1, 0.15) is 10.4 Å². The summed E-state index contributed by atoms with van der Waals surface area (Å²) < 4.78 is 13.4. The van der Waals surface area contributed by atoms with E-state index in [1.165, 1.54) is 19.2 Å². The van der Waals surface area contributed by atoms with Gasteiger partial charge in [-0.25, -0.2) is 4.39 Å². The quantitative estimate of drug-likeness (QED) is 0.772. The summed E-state index contributed by atoms with van der Waals surface area (Å²) in [5.74, 6) is -0.914. The number of hydrogen-bond donors (Lipinski definition) is 1. The van der Waals surface area contributed by atoms with E-state index in [1.807, 2.05) is 14.1 Å². The predicted octanol–water partition coefficient (Wildman–Crippen LogP) is 1.25. The van der Waals surface area contributed by atoms with E-state index in [4.69, 9.17) is 0 Å². The van der Waals surface area contributed by atoms with Crippen LogP contribution in [0.5, 0.6) is 0 Å². The van der Waals surface area contributed by atoms with Crippen molar-refractivity contribution in [2.75, 3.05) is 26.0 Å². The first-order chi connectivity index (χ1) is 6.56. The third kappa shape index (κ3) is 2.02.